The van der Waals surface area contributed by atoms with E-state index < -0.39 is 11.9 Å². The molecule has 46 heavy (non-hydrogen) atoms. The zero-order valence-corrected chi connectivity index (χ0v) is 26.5. The second-order valence-corrected chi connectivity index (χ2v) is 10.9. The molecular formula is C33H45N5O8. The van der Waals surface area contributed by atoms with Crippen LogP contribution >= 0.6 is 0 Å². The van der Waals surface area contributed by atoms with Crippen LogP contribution in [0.5, 0.6) is 0 Å². The summed E-state index contributed by atoms with van der Waals surface area (Å²) in [6.07, 6.45) is 3.11. The van der Waals surface area contributed by atoms with E-state index in [2.05, 4.69) is 19.8 Å². The monoisotopic (exact) mass is 639 g/mol. The Hall–Kier alpha value is -3.72. The van der Waals surface area contributed by atoms with Crippen molar-refractivity contribution >= 4 is 23.3 Å². The number of aromatic nitrogens is 1. The maximum Gasteiger partial charge on any atom is 0.356 e. The van der Waals surface area contributed by atoms with E-state index in [0.29, 0.717) is 110 Å². The average Bonchev–Trinajstić information content (AvgIpc) is 3.07. The minimum Gasteiger partial charge on any atom is -0.477 e. The molecule has 13 nitrogen and oxygen atoms in total. The Morgan fingerprint density at radius 3 is 2.09 bits per heavy atom. The molecule has 0 spiro atoms. The van der Waals surface area contributed by atoms with Crippen molar-refractivity contribution in [3.8, 4) is 0 Å². The third-order valence-electron chi connectivity index (χ3n) is 7.63. The third-order valence-corrected chi connectivity index (χ3v) is 7.63. The first-order valence-corrected chi connectivity index (χ1v) is 15.6. The Balaban J connectivity index is 1.40. The minimum absolute atomic E-state index is 0.199. The highest BCUT2D eigenvalue weighted by Gasteiger charge is 2.25. The van der Waals surface area contributed by atoms with Crippen LogP contribution in [-0.2, 0) is 28.5 Å². The molecule has 1 aromatic carbocycles. The number of carbonyl (C=O) groups excluding carboxylic acids is 1. The van der Waals surface area contributed by atoms with Gasteiger partial charge in [-0.25, -0.2) is 19.6 Å². The zero-order chi connectivity index (χ0) is 32.6. The molecule has 1 saturated heterocycles. The van der Waals surface area contributed by atoms with Crippen LogP contribution in [0.15, 0.2) is 59.2 Å². The summed E-state index contributed by atoms with van der Waals surface area (Å²) >= 11 is 0. The van der Waals surface area contributed by atoms with Crippen molar-refractivity contribution in [1.82, 2.24) is 14.8 Å². The van der Waals surface area contributed by atoms with Gasteiger partial charge in [0.05, 0.1) is 77.4 Å². The van der Waals surface area contributed by atoms with Gasteiger partial charge in [0.2, 0.25) is 0 Å². The fourth-order valence-corrected chi connectivity index (χ4v) is 5.24. The molecule has 2 aromatic rings. The molecule has 1 fully saturated rings. The van der Waals surface area contributed by atoms with Crippen molar-refractivity contribution < 1.29 is 38.4 Å². The zero-order valence-electron chi connectivity index (χ0n) is 26.5. The molecule has 250 valence electrons. The topological polar surface area (TPSA) is 158 Å². The number of methoxy groups -OCH3 is 1. The number of ether oxygens (including phenoxy) is 5. The Morgan fingerprint density at radius 1 is 0.891 bits per heavy atom. The van der Waals surface area contributed by atoms with Gasteiger partial charge in [-0.3, -0.25) is 9.80 Å². The maximum absolute atomic E-state index is 12.3. The predicted octanol–water partition coefficient (Wildman–Crippen LogP) is 2.43. The number of nitrogens with zero attached hydrogens (tertiary/aromatic N) is 4. The molecule has 13 heteroatoms. The summed E-state index contributed by atoms with van der Waals surface area (Å²) in [7, 11) is 1.34. The van der Waals surface area contributed by atoms with E-state index in [1.807, 2.05) is 36.4 Å². The quantitative estimate of drug-likeness (QED) is 0.337. The van der Waals surface area contributed by atoms with Gasteiger partial charge in [-0.15, -0.1) is 0 Å². The van der Waals surface area contributed by atoms with Crippen LogP contribution in [0.4, 0.5) is 5.69 Å². The van der Waals surface area contributed by atoms with Crippen LogP contribution in [0.2, 0.25) is 0 Å². The van der Waals surface area contributed by atoms with Crippen LogP contribution in [0.3, 0.4) is 0 Å². The number of allylic oxidation sites excluding steroid dienone is 1. The lowest BCUT2D eigenvalue weighted by Gasteiger charge is -2.32. The Morgan fingerprint density at radius 2 is 1.50 bits per heavy atom. The van der Waals surface area contributed by atoms with Gasteiger partial charge in [-0.05, 0) is 36.2 Å². The van der Waals surface area contributed by atoms with Gasteiger partial charge < -0.3 is 34.5 Å². The van der Waals surface area contributed by atoms with E-state index in [1.54, 1.807) is 12.1 Å². The summed E-state index contributed by atoms with van der Waals surface area (Å²) in [6.45, 7) is 6.53. The number of anilines is 1. The van der Waals surface area contributed by atoms with Crippen LogP contribution in [0.1, 0.15) is 40.6 Å². The van der Waals surface area contributed by atoms with Gasteiger partial charge in [-0.2, -0.15) is 0 Å². The van der Waals surface area contributed by atoms with Gasteiger partial charge in [0.15, 0.2) is 0 Å². The Kier molecular flexibility index (Phi) is 14.6. The number of esters is 1. The first-order valence-electron chi connectivity index (χ1n) is 15.6. The largest absolute Gasteiger partial charge is 0.477 e. The van der Waals surface area contributed by atoms with E-state index in [1.165, 1.54) is 7.11 Å². The number of rotatable bonds is 7. The molecule has 0 bridgehead atoms. The molecule has 2 aliphatic rings. The first kappa shape index (κ1) is 35.1. The summed E-state index contributed by atoms with van der Waals surface area (Å²) < 4.78 is 28.6. The van der Waals surface area contributed by atoms with Crippen LogP contribution < -0.4 is 5.73 Å². The number of nitrogens with two attached hydrogens (primary N) is 1. The molecule has 2 aliphatic heterocycles. The second kappa shape index (κ2) is 19.1. The van der Waals surface area contributed by atoms with Crippen LogP contribution in [-0.4, -0.2) is 130 Å². The van der Waals surface area contributed by atoms with Crippen LogP contribution in [0.25, 0.3) is 0 Å². The fraction of sp³-hybridized carbons (Fsp3) is 0.515. The van der Waals surface area contributed by atoms with Gasteiger partial charge in [-0.1, -0.05) is 24.3 Å². The lowest BCUT2D eigenvalue weighted by molar-refractivity contribution is -0.129. The number of pyridine rings is 1. The van der Waals surface area contributed by atoms with Crippen molar-refractivity contribution in [2.45, 2.75) is 18.9 Å². The lowest BCUT2D eigenvalue weighted by atomic mass is 10.0. The number of carbonyl (C=O) groups is 2. The predicted molar refractivity (Wildman–Crippen MR) is 172 cm³/mol. The first-order chi connectivity index (χ1) is 22.4. The van der Waals surface area contributed by atoms with Gasteiger partial charge in [0.1, 0.15) is 11.4 Å². The molecule has 1 aromatic heterocycles. The normalized spacial score (nSPS) is 19.6. The molecule has 3 N–H and O–H groups in total. The van der Waals surface area contributed by atoms with E-state index in [0.717, 1.165) is 11.3 Å². The summed E-state index contributed by atoms with van der Waals surface area (Å²) in [4.78, 5) is 37.0. The molecule has 0 radical (unpaired) electrons. The highest BCUT2D eigenvalue weighted by atomic mass is 16.5. The van der Waals surface area contributed by atoms with Gasteiger partial charge in [0.25, 0.3) is 0 Å². The van der Waals surface area contributed by atoms with Crippen molar-refractivity contribution in [3.05, 3.63) is 71.2 Å². The smallest absolute Gasteiger partial charge is 0.356 e. The summed E-state index contributed by atoms with van der Waals surface area (Å²) in [5.41, 5.74) is 9.50. The van der Waals surface area contributed by atoms with E-state index >= 15 is 0 Å². The summed E-state index contributed by atoms with van der Waals surface area (Å²) in [5, 5.41) is 9.33. The number of carboxylic acids is 1. The Labute approximate surface area is 269 Å². The fourth-order valence-electron chi connectivity index (χ4n) is 5.24. The molecule has 1 unspecified atom stereocenters. The Bertz CT molecular complexity index is 1300. The minimum atomic E-state index is -0.967. The number of aliphatic carboxylic acids is 1. The van der Waals surface area contributed by atoms with Crippen molar-refractivity contribution in [1.29, 1.82) is 0 Å². The SMILES string of the molecule is COC(=O)c1cccc(C(c2ccc(N)cc2)N2CCOCCOCCN(CC3=CCCC(C(=O)O)=N3)CCOCCOCC2)n1. The second-order valence-electron chi connectivity index (χ2n) is 10.9. The summed E-state index contributed by atoms with van der Waals surface area (Å²) in [5.74, 6) is -1.47. The molecule has 0 amide bonds. The number of hydrogen-bond donors (Lipinski definition) is 2. The molecule has 3 heterocycles. The van der Waals surface area contributed by atoms with Gasteiger partial charge >= 0.3 is 11.9 Å². The van der Waals surface area contributed by atoms with E-state index in [4.69, 9.17) is 29.4 Å². The average molecular weight is 640 g/mol. The highest BCUT2D eigenvalue weighted by molar-refractivity contribution is 6.36. The standard InChI is InChI=1S/C33H45N5O8/c1-42-33(41)30-7-3-5-28(36-30)31(25-8-10-26(34)11-9-25)38-14-18-45-22-20-43-16-12-37(13-17-44-21-23-46-19-15-38)24-27-4-2-6-29(35-27)32(39)40/h3-5,7-11,31H,2,6,12-24,34H2,1H3,(H,39,40). The van der Waals surface area contributed by atoms with Crippen LogP contribution in [0, 0.1) is 0 Å². The molecule has 4 rings (SSSR count). The number of aliphatic imine (C=N–C) groups is 1. The van der Waals surface area contributed by atoms with E-state index in [9.17, 15) is 14.7 Å². The molecular weight excluding hydrogens is 594 g/mol. The number of nitrogen functional groups attached to an aromatic ring is 1. The number of hydrogen-bond acceptors (Lipinski definition) is 12. The maximum atomic E-state index is 12.3. The molecule has 1 atom stereocenters. The van der Waals surface area contributed by atoms with Gasteiger partial charge in [0, 0.05) is 44.8 Å². The molecule has 0 aliphatic carbocycles. The van der Waals surface area contributed by atoms with E-state index in [-0.39, 0.29) is 17.4 Å². The number of carboxylic acid groups (broad SMARTS) is 1. The summed E-state index contributed by atoms with van der Waals surface area (Å²) in [6, 6.07) is 12.7. The molecule has 0 saturated carbocycles. The third kappa shape index (κ3) is 11.3. The van der Waals surface area contributed by atoms with Crippen molar-refractivity contribution in [2.24, 2.45) is 4.99 Å². The number of benzene rings is 1. The highest BCUT2D eigenvalue weighted by Crippen LogP contribution is 2.28. The lowest BCUT2D eigenvalue weighted by Crippen LogP contribution is -2.37. The van der Waals surface area contributed by atoms with Crippen molar-refractivity contribution in [2.75, 3.05) is 98.4 Å². The van der Waals surface area contributed by atoms with Crippen molar-refractivity contribution in [3.63, 3.8) is 0 Å².